The Bertz CT molecular complexity index is 461. The minimum Gasteiger partial charge on any atom is -0.482 e. The summed E-state index contributed by atoms with van der Waals surface area (Å²) in [5, 5.41) is 6.49. The highest BCUT2D eigenvalue weighted by Gasteiger charge is 2.18. The third-order valence-electron chi connectivity index (χ3n) is 3.13. The Morgan fingerprint density at radius 1 is 1.40 bits per heavy atom. The summed E-state index contributed by atoms with van der Waals surface area (Å²) in [6, 6.07) is 5.54. The zero-order chi connectivity index (χ0) is 15.2. The molecule has 0 unspecified atom stereocenters. The Hall–Kier alpha value is -1.26. The van der Waals surface area contributed by atoms with E-state index in [2.05, 4.69) is 10.6 Å². The molecule has 0 aromatic heterocycles. The predicted molar refractivity (Wildman–Crippen MR) is 82.2 cm³/mol. The van der Waals surface area contributed by atoms with Crippen molar-refractivity contribution >= 4 is 17.5 Å². The number of carbonyl (C=O) groups excluding carboxylic acids is 1. The number of para-hydroxylation sites is 1. The van der Waals surface area contributed by atoms with Crippen LogP contribution in [0.3, 0.4) is 0 Å². The number of benzene rings is 1. The molecule has 0 radical (unpaired) electrons. The van der Waals surface area contributed by atoms with E-state index >= 15 is 0 Å². The number of carbonyl (C=O) groups is 1. The van der Waals surface area contributed by atoms with Crippen molar-refractivity contribution in [2.45, 2.75) is 39.3 Å². The van der Waals surface area contributed by atoms with Gasteiger partial charge >= 0.3 is 0 Å². The van der Waals surface area contributed by atoms with Crippen LogP contribution in [0.15, 0.2) is 18.2 Å². The fourth-order valence-electron chi connectivity index (χ4n) is 1.68. The van der Waals surface area contributed by atoms with E-state index in [4.69, 9.17) is 16.3 Å². The summed E-state index contributed by atoms with van der Waals surface area (Å²) in [5.41, 5.74) is 0.705. The van der Waals surface area contributed by atoms with Crippen LogP contribution < -0.4 is 15.4 Å². The normalized spacial score (nSPS) is 11.2. The summed E-state index contributed by atoms with van der Waals surface area (Å²) >= 11 is 6.12. The van der Waals surface area contributed by atoms with E-state index in [0.717, 1.165) is 12.0 Å². The lowest BCUT2D eigenvalue weighted by Crippen LogP contribution is -2.45. The molecule has 0 saturated heterocycles. The lowest BCUT2D eigenvalue weighted by atomic mass is 10.0. The zero-order valence-corrected chi connectivity index (χ0v) is 13.3. The van der Waals surface area contributed by atoms with Gasteiger partial charge in [-0.25, -0.2) is 0 Å². The highest BCUT2D eigenvalue weighted by molar-refractivity contribution is 6.32. The molecule has 0 bridgehead atoms. The molecule has 0 aliphatic carbocycles. The van der Waals surface area contributed by atoms with Crippen LogP contribution >= 0.6 is 11.6 Å². The van der Waals surface area contributed by atoms with Crippen LogP contribution in [0, 0.1) is 0 Å². The SMILES string of the molecule is CCC(C)(C)NC(=O)COc1c(Cl)cccc1CNC. The molecular weight excluding hydrogens is 276 g/mol. The van der Waals surface area contributed by atoms with Crippen molar-refractivity contribution in [3.8, 4) is 5.75 Å². The first kappa shape index (κ1) is 16.8. The number of amides is 1. The summed E-state index contributed by atoms with van der Waals surface area (Å²) < 4.78 is 5.59. The van der Waals surface area contributed by atoms with E-state index in [1.54, 1.807) is 6.07 Å². The van der Waals surface area contributed by atoms with E-state index in [0.29, 0.717) is 17.3 Å². The Kier molecular flexibility index (Phi) is 6.30. The molecule has 1 rings (SSSR count). The third kappa shape index (κ3) is 5.02. The average molecular weight is 299 g/mol. The molecule has 1 amide bonds. The second-order valence-electron chi connectivity index (χ2n) is 5.33. The first-order valence-corrected chi connectivity index (χ1v) is 7.13. The van der Waals surface area contributed by atoms with Crippen LogP contribution in [0.5, 0.6) is 5.75 Å². The minimum absolute atomic E-state index is 0.0378. The van der Waals surface area contributed by atoms with Crippen LogP contribution in [-0.2, 0) is 11.3 Å². The van der Waals surface area contributed by atoms with Crippen molar-refractivity contribution in [1.82, 2.24) is 10.6 Å². The Morgan fingerprint density at radius 2 is 2.10 bits per heavy atom. The molecule has 0 spiro atoms. The van der Waals surface area contributed by atoms with Gasteiger partial charge in [-0.3, -0.25) is 4.79 Å². The van der Waals surface area contributed by atoms with Crippen molar-refractivity contribution in [2.75, 3.05) is 13.7 Å². The van der Waals surface area contributed by atoms with Gasteiger partial charge in [0.05, 0.1) is 5.02 Å². The molecule has 0 saturated carbocycles. The average Bonchev–Trinajstić information content (AvgIpc) is 2.38. The Labute approximate surface area is 125 Å². The summed E-state index contributed by atoms with van der Waals surface area (Å²) in [6.45, 7) is 6.59. The van der Waals surface area contributed by atoms with Crippen molar-refractivity contribution in [2.24, 2.45) is 0 Å². The molecule has 1 aromatic carbocycles. The summed E-state index contributed by atoms with van der Waals surface area (Å²) in [4.78, 5) is 11.9. The topological polar surface area (TPSA) is 50.4 Å². The molecule has 1 aromatic rings. The minimum atomic E-state index is -0.227. The van der Waals surface area contributed by atoms with Gasteiger partial charge in [-0.15, -0.1) is 0 Å². The second kappa shape index (κ2) is 7.50. The van der Waals surface area contributed by atoms with Gasteiger partial charge in [-0.05, 0) is 33.4 Å². The molecule has 0 heterocycles. The maximum atomic E-state index is 11.9. The van der Waals surface area contributed by atoms with E-state index in [9.17, 15) is 4.79 Å². The van der Waals surface area contributed by atoms with Gasteiger partial charge in [0.15, 0.2) is 6.61 Å². The smallest absolute Gasteiger partial charge is 0.258 e. The Balaban J connectivity index is 2.68. The summed E-state index contributed by atoms with van der Waals surface area (Å²) in [6.07, 6.45) is 0.857. The predicted octanol–water partition coefficient (Wildman–Crippen LogP) is 2.74. The van der Waals surface area contributed by atoms with Crippen LogP contribution in [-0.4, -0.2) is 25.1 Å². The molecule has 20 heavy (non-hydrogen) atoms. The lowest BCUT2D eigenvalue weighted by Gasteiger charge is -2.24. The monoisotopic (exact) mass is 298 g/mol. The largest absolute Gasteiger partial charge is 0.482 e. The highest BCUT2D eigenvalue weighted by Crippen LogP contribution is 2.28. The standard InChI is InChI=1S/C15H23ClN2O2/c1-5-15(2,3)18-13(19)10-20-14-11(9-17-4)7-6-8-12(14)16/h6-8,17H,5,9-10H2,1-4H3,(H,18,19). The van der Waals surface area contributed by atoms with Gasteiger partial charge in [0.25, 0.3) is 5.91 Å². The van der Waals surface area contributed by atoms with E-state index in [1.807, 2.05) is 40.0 Å². The van der Waals surface area contributed by atoms with Crippen molar-refractivity contribution in [3.63, 3.8) is 0 Å². The van der Waals surface area contributed by atoms with Crippen LogP contribution in [0.1, 0.15) is 32.8 Å². The maximum Gasteiger partial charge on any atom is 0.258 e. The number of ether oxygens (including phenoxy) is 1. The highest BCUT2D eigenvalue weighted by atomic mass is 35.5. The number of hydrogen-bond donors (Lipinski definition) is 2. The van der Waals surface area contributed by atoms with Gasteiger partial charge in [-0.1, -0.05) is 30.7 Å². The first-order valence-electron chi connectivity index (χ1n) is 6.75. The maximum absolute atomic E-state index is 11.9. The number of halogens is 1. The van der Waals surface area contributed by atoms with Crippen molar-refractivity contribution in [1.29, 1.82) is 0 Å². The number of rotatable bonds is 7. The third-order valence-corrected chi connectivity index (χ3v) is 3.42. The van der Waals surface area contributed by atoms with Crippen LogP contribution in [0.2, 0.25) is 5.02 Å². The summed E-state index contributed by atoms with van der Waals surface area (Å²) in [7, 11) is 1.85. The van der Waals surface area contributed by atoms with Gasteiger partial charge < -0.3 is 15.4 Å². The molecule has 0 aliphatic heterocycles. The van der Waals surface area contributed by atoms with Crippen LogP contribution in [0.4, 0.5) is 0 Å². The zero-order valence-electron chi connectivity index (χ0n) is 12.5. The molecule has 4 nitrogen and oxygen atoms in total. The van der Waals surface area contributed by atoms with Gasteiger partial charge in [0.2, 0.25) is 0 Å². The fraction of sp³-hybridized carbons (Fsp3) is 0.533. The van der Waals surface area contributed by atoms with Crippen molar-refractivity contribution in [3.05, 3.63) is 28.8 Å². The first-order chi connectivity index (χ1) is 9.39. The molecule has 5 heteroatoms. The second-order valence-corrected chi connectivity index (χ2v) is 5.74. The quantitative estimate of drug-likeness (QED) is 0.814. The van der Waals surface area contributed by atoms with Gasteiger partial charge in [-0.2, -0.15) is 0 Å². The number of hydrogen-bond acceptors (Lipinski definition) is 3. The van der Waals surface area contributed by atoms with Crippen LogP contribution in [0.25, 0.3) is 0 Å². The molecule has 112 valence electrons. The van der Waals surface area contributed by atoms with Gasteiger partial charge in [0, 0.05) is 17.6 Å². The fourth-order valence-corrected chi connectivity index (χ4v) is 1.93. The van der Waals surface area contributed by atoms with E-state index in [-0.39, 0.29) is 18.1 Å². The van der Waals surface area contributed by atoms with Crippen molar-refractivity contribution < 1.29 is 9.53 Å². The Morgan fingerprint density at radius 3 is 2.70 bits per heavy atom. The number of nitrogens with one attached hydrogen (secondary N) is 2. The molecule has 0 atom stereocenters. The molecule has 0 fully saturated rings. The van der Waals surface area contributed by atoms with Gasteiger partial charge in [0.1, 0.15) is 5.75 Å². The summed E-state index contributed by atoms with van der Waals surface area (Å²) in [5.74, 6) is 0.417. The van der Waals surface area contributed by atoms with E-state index < -0.39 is 0 Å². The lowest BCUT2D eigenvalue weighted by molar-refractivity contribution is -0.124. The molecule has 0 aliphatic rings. The van der Waals surface area contributed by atoms with E-state index in [1.165, 1.54) is 0 Å². The molecular formula is C15H23ClN2O2. The molecule has 2 N–H and O–H groups in total.